The Hall–Kier alpha value is -3.31. The lowest BCUT2D eigenvalue weighted by molar-refractivity contribution is -0.193. The number of hydrogen-bond donors (Lipinski definition) is 2. The number of morpholine rings is 1. The fraction of sp³-hybridized carbons (Fsp3) is 0.542. The van der Waals surface area contributed by atoms with Crippen molar-refractivity contribution in [3.05, 3.63) is 46.7 Å². The van der Waals surface area contributed by atoms with E-state index in [1.165, 1.54) is 12.8 Å². The van der Waals surface area contributed by atoms with Gasteiger partial charge in [-0.3, -0.25) is 14.7 Å². The topological polar surface area (TPSA) is 133 Å². The highest BCUT2D eigenvalue weighted by Crippen LogP contribution is 2.43. The maximum absolute atomic E-state index is 13.6. The maximum atomic E-state index is 13.6. The highest BCUT2D eigenvalue weighted by Gasteiger charge is 2.57. The molecule has 5 rings (SSSR count). The number of pyridine rings is 1. The second-order valence-corrected chi connectivity index (χ2v) is 10.5. The summed E-state index contributed by atoms with van der Waals surface area (Å²) in [6.45, 7) is 4.37. The van der Waals surface area contributed by atoms with Crippen molar-refractivity contribution in [3.63, 3.8) is 0 Å². The van der Waals surface area contributed by atoms with E-state index in [0.29, 0.717) is 25.6 Å². The number of thiazole rings is 1. The van der Waals surface area contributed by atoms with Gasteiger partial charge < -0.3 is 19.8 Å². The summed E-state index contributed by atoms with van der Waals surface area (Å²) >= 11 is 1.66. The van der Waals surface area contributed by atoms with Gasteiger partial charge in [0.2, 0.25) is 0 Å². The summed E-state index contributed by atoms with van der Waals surface area (Å²) in [7, 11) is 0. The Morgan fingerprint density at radius 1 is 1.10 bits per heavy atom. The molecular formula is C24H26F6N4O6S. The van der Waals surface area contributed by atoms with Crippen molar-refractivity contribution >= 4 is 29.2 Å². The minimum Gasteiger partial charge on any atom is -0.475 e. The van der Waals surface area contributed by atoms with E-state index in [1.54, 1.807) is 17.5 Å². The predicted octanol–water partition coefficient (Wildman–Crippen LogP) is 3.41. The minimum absolute atomic E-state index is 0.000616. The lowest BCUT2D eigenvalue weighted by atomic mass is 9.83. The molecule has 2 N–H and O–H groups in total. The molecule has 17 heteroatoms. The molecule has 0 bridgehead atoms. The Morgan fingerprint density at radius 2 is 1.73 bits per heavy atom. The predicted molar refractivity (Wildman–Crippen MR) is 130 cm³/mol. The lowest BCUT2D eigenvalue weighted by Crippen LogP contribution is -2.60. The summed E-state index contributed by atoms with van der Waals surface area (Å²) in [6, 6.07) is 4.02. The fourth-order valence-electron chi connectivity index (χ4n) is 4.43. The molecule has 2 atom stereocenters. The number of hydrogen-bond acceptors (Lipinski definition) is 8. The zero-order valence-electron chi connectivity index (χ0n) is 21.3. The molecule has 2 aromatic rings. The summed E-state index contributed by atoms with van der Waals surface area (Å²) in [5.74, 6) is -4.66. The third-order valence-electron chi connectivity index (χ3n) is 6.42. The first-order valence-corrected chi connectivity index (χ1v) is 13.1. The van der Waals surface area contributed by atoms with Crippen LogP contribution in [0.5, 0.6) is 0 Å². The zero-order chi connectivity index (χ0) is 30.4. The Balaban J connectivity index is 0.000000276. The second-order valence-electron chi connectivity index (χ2n) is 9.47. The molecule has 3 aliphatic rings. The maximum Gasteiger partial charge on any atom is 0.490 e. The van der Waals surface area contributed by atoms with Crippen LogP contribution in [-0.2, 0) is 25.7 Å². The molecular weight excluding hydrogens is 586 g/mol. The number of carboxylic acids is 2. The van der Waals surface area contributed by atoms with Gasteiger partial charge in [0.25, 0.3) is 5.91 Å². The van der Waals surface area contributed by atoms with Gasteiger partial charge in [-0.25, -0.2) is 14.6 Å². The molecule has 2 aliphatic heterocycles. The normalized spacial score (nSPS) is 22.9. The molecule has 226 valence electrons. The average molecular weight is 613 g/mol. The van der Waals surface area contributed by atoms with Crippen LogP contribution in [0.25, 0.3) is 0 Å². The van der Waals surface area contributed by atoms with Crippen molar-refractivity contribution < 1.29 is 55.7 Å². The molecule has 41 heavy (non-hydrogen) atoms. The standard InChI is InChI=1S/C20H24N4O2S.2C2HF3O2/c25-19-20(26-8-7-24(19)11-15-3-4-15)14-23(13-18-22-6-9-27-18)12-17(20)16-2-1-5-21-10-16;2*3-2(4,5)1(6)7/h1-2,5-6,9-10,15,17H,3-4,7-8,11-14H2;2*(H,6,7). The number of carbonyl (C=O) groups is 3. The third kappa shape index (κ3) is 8.84. The van der Waals surface area contributed by atoms with Gasteiger partial charge in [-0.05, 0) is 30.4 Å². The van der Waals surface area contributed by atoms with E-state index in [4.69, 9.17) is 24.5 Å². The SMILES string of the molecule is O=C(O)C(F)(F)F.O=C(O)C(F)(F)F.O=C1N(CC2CC2)CCOC12CN(Cc1nccs1)CC2c1cccnc1. The number of carbonyl (C=O) groups excluding carboxylic acids is 1. The Morgan fingerprint density at radius 3 is 2.22 bits per heavy atom. The number of nitrogens with zero attached hydrogens (tertiary/aromatic N) is 4. The van der Waals surface area contributed by atoms with Crippen LogP contribution in [0, 0.1) is 5.92 Å². The third-order valence-corrected chi connectivity index (χ3v) is 7.19. The van der Waals surface area contributed by atoms with Crippen LogP contribution in [-0.4, -0.2) is 98.6 Å². The summed E-state index contributed by atoms with van der Waals surface area (Å²) in [6.07, 6.45) is -2.17. The van der Waals surface area contributed by atoms with Crippen molar-refractivity contribution in [2.24, 2.45) is 5.92 Å². The van der Waals surface area contributed by atoms with Gasteiger partial charge in [0.15, 0.2) is 5.60 Å². The number of aliphatic carboxylic acids is 2. The molecule has 0 radical (unpaired) electrons. The molecule has 0 aromatic carbocycles. The number of ether oxygens (including phenoxy) is 1. The molecule has 10 nitrogen and oxygen atoms in total. The summed E-state index contributed by atoms with van der Waals surface area (Å²) in [4.78, 5) is 44.5. The van der Waals surface area contributed by atoms with E-state index < -0.39 is 29.9 Å². The molecule has 1 amide bonds. The molecule has 1 spiro atoms. The van der Waals surface area contributed by atoms with Crippen LogP contribution in [0.1, 0.15) is 29.3 Å². The molecule has 4 heterocycles. The van der Waals surface area contributed by atoms with Crippen molar-refractivity contribution in [1.29, 1.82) is 0 Å². The number of aromatic nitrogens is 2. The first-order valence-electron chi connectivity index (χ1n) is 12.2. The van der Waals surface area contributed by atoms with Gasteiger partial charge in [0.1, 0.15) is 5.01 Å². The van der Waals surface area contributed by atoms with E-state index >= 15 is 0 Å². The number of likely N-dealkylation sites (tertiary alicyclic amines) is 1. The Bertz CT molecular complexity index is 1160. The summed E-state index contributed by atoms with van der Waals surface area (Å²) < 4.78 is 69.8. The van der Waals surface area contributed by atoms with Crippen LogP contribution < -0.4 is 0 Å². The molecule has 2 unspecified atom stereocenters. The van der Waals surface area contributed by atoms with Gasteiger partial charge in [-0.15, -0.1) is 11.3 Å². The van der Waals surface area contributed by atoms with Crippen LogP contribution >= 0.6 is 11.3 Å². The summed E-state index contributed by atoms with van der Waals surface area (Å²) in [5, 5.41) is 17.3. The van der Waals surface area contributed by atoms with Gasteiger partial charge >= 0.3 is 24.3 Å². The molecule has 3 fully saturated rings. The van der Waals surface area contributed by atoms with Crippen LogP contribution in [0.15, 0.2) is 36.1 Å². The quantitative estimate of drug-likeness (QED) is 0.488. The van der Waals surface area contributed by atoms with Gasteiger partial charge in [0, 0.05) is 56.1 Å². The van der Waals surface area contributed by atoms with Crippen LogP contribution in [0.3, 0.4) is 0 Å². The van der Waals surface area contributed by atoms with Crippen molar-refractivity contribution in [2.75, 3.05) is 32.8 Å². The summed E-state index contributed by atoms with van der Waals surface area (Å²) in [5.41, 5.74) is 0.286. The lowest BCUT2D eigenvalue weighted by Gasteiger charge is -2.42. The number of alkyl halides is 6. The van der Waals surface area contributed by atoms with Crippen molar-refractivity contribution in [2.45, 2.75) is 43.3 Å². The molecule has 1 saturated carbocycles. The van der Waals surface area contributed by atoms with E-state index in [-0.39, 0.29) is 11.8 Å². The van der Waals surface area contributed by atoms with Crippen LogP contribution in [0.4, 0.5) is 26.3 Å². The molecule has 1 aliphatic carbocycles. The van der Waals surface area contributed by atoms with E-state index in [0.717, 1.165) is 30.2 Å². The zero-order valence-corrected chi connectivity index (χ0v) is 22.1. The Labute approximate surface area is 233 Å². The number of amides is 1. The first kappa shape index (κ1) is 32.2. The van der Waals surface area contributed by atoms with E-state index in [1.807, 2.05) is 23.8 Å². The van der Waals surface area contributed by atoms with E-state index in [2.05, 4.69) is 25.8 Å². The van der Waals surface area contributed by atoms with Gasteiger partial charge in [-0.2, -0.15) is 26.3 Å². The van der Waals surface area contributed by atoms with Crippen molar-refractivity contribution in [3.8, 4) is 0 Å². The number of carboxylic acid groups (broad SMARTS) is 2. The highest BCUT2D eigenvalue weighted by molar-refractivity contribution is 7.09. The molecule has 2 saturated heterocycles. The van der Waals surface area contributed by atoms with Gasteiger partial charge in [0.05, 0.1) is 13.2 Å². The minimum atomic E-state index is -5.08. The Kier molecular flexibility index (Phi) is 10.3. The highest BCUT2D eigenvalue weighted by atomic mass is 32.1. The van der Waals surface area contributed by atoms with Gasteiger partial charge in [-0.1, -0.05) is 6.07 Å². The second kappa shape index (κ2) is 13.1. The fourth-order valence-corrected chi connectivity index (χ4v) is 5.09. The monoisotopic (exact) mass is 612 g/mol. The molecule has 2 aromatic heterocycles. The number of halogens is 6. The van der Waals surface area contributed by atoms with Crippen molar-refractivity contribution in [1.82, 2.24) is 19.8 Å². The first-order chi connectivity index (χ1) is 19.1. The average Bonchev–Trinajstić information content (AvgIpc) is 3.42. The smallest absolute Gasteiger partial charge is 0.475 e. The van der Waals surface area contributed by atoms with Crippen LogP contribution in [0.2, 0.25) is 0 Å². The number of rotatable bonds is 5. The largest absolute Gasteiger partial charge is 0.490 e. The van der Waals surface area contributed by atoms with E-state index in [9.17, 15) is 31.1 Å².